The molecule has 3 aromatic carbocycles. The number of Topliss-reactive ketones (excluding diaryl/α,β-unsaturated/α-hetero) is 1. The number of halogens is 3. The predicted molar refractivity (Wildman–Crippen MR) is 115 cm³/mol. The van der Waals surface area contributed by atoms with Crippen LogP contribution in [0.5, 0.6) is 0 Å². The van der Waals surface area contributed by atoms with Gasteiger partial charge in [-0.25, -0.2) is 0 Å². The smallest absolute Gasteiger partial charge is 0.164 e. The van der Waals surface area contributed by atoms with Crippen molar-refractivity contribution >= 4 is 56.7 Å². The molecule has 0 aliphatic carbocycles. The lowest BCUT2D eigenvalue weighted by molar-refractivity contribution is 0.0982. The van der Waals surface area contributed by atoms with Gasteiger partial charge in [0.05, 0.1) is 5.02 Å². The molecule has 0 saturated carbocycles. The molecule has 0 fully saturated rings. The highest BCUT2D eigenvalue weighted by molar-refractivity contribution is 9.10. The van der Waals surface area contributed by atoms with Crippen LogP contribution in [0.2, 0.25) is 10.0 Å². The van der Waals surface area contributed by atoms with Crippen LogP contribution >= 0.6 is 50.9 Å². The second-order valence-corrected chi connectivity index (χ2v) is 8.73. The van der Waals surface area contributed by atoms with E-state index in [-0.39, 0.29) is 11.0 Å². The summed E-state index contributed by atoms with van der Waals surface area (Å²) in [6, 6.07) is 22.9. The van der Waals surface area contributed by atoms with E-state index in [0.717, 1.165) is 14.9 Å². The summed E-state index contributed by atoms with van der Waals surface area (Å²) in [6.45, 7) is 0. The van der Waals surface area contributed by atoms with E-state index in [1.54, 1.807) is 17.8 Å². The minimum Gasteiger partial charge on any atom is -0.294 e. The molecule has 1 atom stereocenters. The van der Waals surface area contributed by atoms with Crippen LogP contribution in [0.3, 0.4) is 0 Å². The maximum absolute atomic E-state index is 12.8. The fraction of sp³-hybridized carbons (Fsp3) is 0.0952. The summed E-state index contributed by atoms with van der Waals surface area (Å²) in [5, 5.41) is 1.16. The Bertz CT molecular complexity index is 898. The molecule has 0 heterocycles. The highest BCUT2D eigenvalue weighted by Crippen LogP contribution is 2.42. The molecule has 26 heavy (non-hydrogen) atoms. The van der Waals surface area contributed by atoms with Gasteiger partial charge in [0.15, 0.2) is 5.78 Å². The summed E-state index contributed by atoms with van der Waals surface area (Å²) >= 11 is 17.3. The predicted octanol–water partition coefficient (Wildman–Crippen LogP) is 7.86. The van der Waals surface area contributed by atoms with Gasteiger partial charge in [0.1, 0.15) is 0 Å². The Hall–Kier alpha value is -1.26. The number of ketones is 1. The molecule has 132 valence electrons. The summed E-state index contributed by atoms with van der Waals surface area (Å²) in [7, 11) is 0. The van der Waals surface area contributed by atoms with Gasteiger partial charge in [0.2, 0.25) is 0 Å². The molecule has 3 rings (SSSR count). The molecule has 0 aliphatic rings. The molecular weight excluding hydrogens is 451 g/mol. The second-order valence-electron chi connectivity index (χ2n) is 5.73. The lowest BCUT2D eigenvalue weighted by Crippen LogP contribution is -2.05. The summed E-state index contributed by atoms with van der Waals surface area (Å²) in [6.07, 6.45) is 0.384. The topological polar surface area (TPSA) is 17.1 Å². The SMILES string of the molecule is O=C(C[C@H](Sc1ccc(Cl)cc1Cl)c1ccccc1)c1ccc(Br)cc1. The summed E-state index contributed by atoms with van der Waals surface area (Å²) in [5.74, 6) is 0.101. The van der Waals surface area contributed by atoms with Crippen molar-refractivity contribution in [3.63, 3.8) is 0 Å². The molecule has 0 unspecified atom stereocenters. The minimum absolute atomic E-state index is 0.0361. The van der Waals surface area contributed by atoms with Crippen LogP contribution < -0.4 is 0 Å². The van der Waals surface area contributed by atoms with Crippen LogP contribution in [0.4, 0.5) is 0 Å². The monoisotopic (exact) mass is 464 g/mol. The fourth-order valence-corrected chi connectivity index (χ4v) is 4.50. The highest BCUT2D eigenvalue weighted by atomic mass is 79.9. The molecule has 0 aromatic heterocycles. The number of hydrogen-bond donors (Lipinski definition) is 0. The number of rotatable bonds is 6. The van der Waals surface area contributed by atoms with E-state index in [9.17, 15) is 4.79 Å². The van der Waals surface area contributed by atoms with Crippen molar-refractivity contribution in [1.82, 2.24) is 0 Å². The number of carbonyl (C=O) groups is 1. The van der Waals surface area contributed by atoms with Gasteiger partial charge >= 0.3 is 0 Å². The zero-order chi connectivity index (χ0) is 18.5. The van der Waals surface area contributed by atoms with Crippen molar-refractivity contribution in [2.75, 3.05) is 0 Å². The Morgan fingerprint density at radius 2 is 1.65 bits per heavy atom. The molecular formula is C21H15BrCl2OS. The Balaban J connectivity index is 1.86. The van der Waals surface area contributed by atoms with Crippen LogP contribution in [-0.4, -0.2) is 5.78 Å². The van der Waals surface area contributed by atoms with Gasteiger partial charge in [0.25, 0.3) is 0 Å². The molecule has 1 nitrogen and oxygen atoms in total. The van der Waals surface area contributed by atoms with Crippen LogP contribution in [-0.2, 0) is 0 Å². The van der Waals surface area contributed by atoms with Gasteiger partial charge in [-0.15, -0.1) is 11.8 Å². The van der Waals surface area contributed by atoms with E-state index in [1.165, 1.54) is 0 Å². The molecule has 3 aromatic rings. The number of hydrogen-bond acceptors (Lipinski definition) is 2. The van der Waals surface area contributed by atoms with Gasteiger partial charge in [0, 0.05) is 31.6 Å². The lowest BCUT2D eigenvalue weighted by Gasteiger charge is -2.17. The van der Waals surface area contributed by atoms with E-state index in [4.69, 9.17) is 23.2 Å². The van der Waals surface area contributed by atoms with E-state index in [2.05, 4.69) is 15.9 Å². The maximum atomic E-state index is 12.8. The van der Waals surface area contributed by atoms with Gasteiger partial charge in [-0.1, -0.05) is 81.6 Å². The maximum Gasteiger partial charge on any atom is 0.164 e. The standard InChI is InChI=1S/C21H15BrCl2OS/c22-16-8-6-14(7-9-16)19(25)13-21(15-4-2-1-3-5-15)26-20-11-10-17(23)12-18(20)24/h1-12,21H,13H2/t21-/m0/s1. The van der Waals surface area contributed by atoms with Gasteiger partial charge in [-0.05, 0) is 35.9 Å². The highest BCUT2D eigenvalue weighted by Gasteiger charge is 2.20. The van der Waals surface area contributed by atoms with E-state index in [0.29, 0.717) is 22.0 Å². The Labute approximate surface area is 175 Å². The average Bonchev–Trinajstić information content (AvgIpc) is 2.64. The first-order valence-electron chi connectivity index (χ1n) is 7.98. The van der Waals surface area contributed by atoms with E-state index in [1.807, 2.05) is 66.7 Å². The van der Waals surface area contributed by atoms with Crippen molar-refractivity contribution in [3.8, 4) is 0 Å². The Morgan fingerprint density at radius 3 is 2.31 bits per heavy atom. The molecule has 0 N–H and O–H groups in total. The summed E-state index contributed by atoms with van der Waals surface area (Å²) < 4.78 is 0.955. The quantitative estimate of drug-likeness (QED) is 0.272. The molecule has 0 spiro atoms. The second kappa shape index (κ2) is 9.09. The largest absolute Gasteiger partial charge is 0.294 e. The van der Waals surface area contributed by atoms with Crippen molar-refractivity contribution < 1.29 is 4.79 Å². The van der Waals surface area contributed by atoms with Crippen molar-refractivity contribution in [3.05, 3.63) is 98.4 Å². The molecule has 0 aliphatic heterocycles. The molecule has 5 heteroatoms. The number of thioether (sulfide) groups is 1. The third-order valence-corrected chi connectivity index (χ3v) is 6.39. The number of carbonyl (C=O) groups excluding carboxylic acids is 1. The molecule has 0 saturated heterocycles. The Kier molecular flexibility index (Phi) is 6.82. The van der Waals surface area contributed by atoms with Crippen molar-refractivity contribution in [1.29, 1.82) is 0 Å². The molecule has 0 amide bonds. The van der Waals surface area contributed by atoms with Crippen molar-refractivity contribution in [2.24, 2.45) is 0 Å². The number of benzene rings is 3. The van der Waals surface area contributed by atoms with Gasteiger partial charge in [-0.3, -0.25) is 4.79 Å². The van der Waals surface area contributed by atoms with Crippen LogP contribution in [0.15, 0.2) is 82.2 Å². The summed E-state index contributed by atoms with van der Waals surface area (Å²) in [4.78, 5) is 13.7. The fourth-order valence-electron chi connectivity index (χ4n) is 2.54. The summed E-state index contributed by atoms with van der Waals surface area (Å²) in [5.41, 5.74) is 1.80. The van der Waals surface area contributed by atoms with Crippen LogP contribution in [0.1, 0.15) is 27.6 Å². The van der Waals surface area contributed by atoms with Gasteiger partial charge in [-0.2, -0.15) is 0 Å². The molecule has 0 bridgehead atoms. The first kappa shape index (κ1) is 19.5. The minimum atomic E-state index is -0.0361. The third-order valence-electron chi connectivity index (χ3n) is 3.87. The first-order chi connectivity index (χ1) is 12.5. The van der Waals surface area contributed by atoms with E-state index >= 15 is 0 Å². The average molecular weight is 466 g/mol. The van der Waals surface area contributed by atoms with Crippen LogP contribution in [0.25, 0.3) is 0 Å². The Morgan fingerprint density at radius 1 is 0.962 bits per heavy atom. The third kappa shape index (κ3) is 5.14. The van der Waals surface area contributed by atoms with Crippen LogP contribution in [0, 0.1) is 0 Å². The van der Waals surface area contributed by atoms with E-state index < -0.39 is 0 Å². The zero-order valence-electron chi connectivity index (χ0n) is 13.7. The molecule has 0 radical (unpaired) electrons. The zero-order valence-corrected chi connectivity index (χ0v) is 17.6. The first-order valence-corrected chi connectivity index (χ1v) is 10.4. The lowest BCUT2D eigenvalue weighted by atomic mass is 10.0. The normalized spacial score (nSPS) is 12.0. The van der Waals surface area contributed by atoms with Crippen molar-refractivity contribution in [2.45, 2.75) is 16.6 Å². The van der Waals surface area contributed by atoms with Gasteiger partial charge < -0.3 is 0 Å².